The highest BCUT2D eigenvalue weighted by Gasteiger charge is 2.10. The molecule has 0 amide bonds. The number of nitrogens with two attached hydrogens (primary N) is 1. The van der Waals surface area contributed by atoms with Gasteiger partial charge in [-0.05, 0) is 46.1 Å². The van der Waals surface area contributed by atoms with Crippen LogP contribution in [0.4, 0.5) is 4.39 Å². The Morgan fingerprint density at radius 2 is 1.82 bits per heavy atom. The fraction of sp³-hybridized carbons (Fsp3) is 0.143. The van der Waals surface area contributed by atoms with Gasteiger partial charge < -0.3 is 5.73 Å². The molecule has 0 saturated heterocycles. The van der Waals surface area contributed by atoms with Gasteiger partial charge in [0.2, 0.25) is 0 Å². The molecule has 17 heavy (non-hydrogen) atoms. The van der Waals surface area contributed by atoms with Gasteiger partial charge in [0.15, 0.2) is 0 Å². The molecular formula is C14H13BrFN. The highest BCUT2D eigenvalue weighted by molar-refractivity contribution is 9.10. The molecule has 0 heterocycles. The minimum absolute atomic E-state index is 0.286. The Morgan fingerprint density at radius 3 is 2.47 bits per heavy atom. The summed E-state index contributed by atoms with van der Waals surface area (Å²) >= 11 is 3.13. The second kappa shape index (κ2) is 4.98. The van der Waals surface area contributed by atoms with Crippen molar-refractivity contribution in [3.05, 3.63) is 69.4 Å². The van der Waals surface area contributed by atoms with Gasteiger partial charge in [-0.1, -0.05) is 35.9 Å². The van der Waals surface area contributed by atoms with Crippen molar-refractivity contribution in [1.82, 2.24) is 0 Å². The van der Waals surface area contributed by atoms with Crippen LogP contribution in [0.5, 0.6) is 0 Å². The lowest BCUT2D eigenvalue weighted by molar-refractivity contribution is 0.617. The van der Waals surface area contributed by atoms with Crippen molar-refractivity contribution in [3.8, 4) is 0 Å². The largest absolute Gasteiger partial charge is 0.320 e. The zero-order valence-corrected chi connectivity index (χ0v) is 11.0. The standard InChI is InChI=1S/C14H13BrFN/c1-9-3-2-4-10(7-9)14(17)11-5-6-12(15)13(16)8-11/h2-8,14H,17H2,1H3. The van der Waals surface area contributed by atoms with Crippen molar-refractivity contribution >= 4 is 15.9 Å². The Kier molecular flexibility index (Phi) is 3.60. The topological polar surface area (TPSA) is 26.0 Å². The molecule has 2 aromatic rings. The van der Waals surface area contributed by atoms with Crippen LogP contribution in [0.2, 0.25) is 0 Å². The molecule has 0 radical (unpaired) electrons. The van der Waals surface area contributed by atoms with Crippen LogP contribution in [0.15, 0.2) is 46.9 Å². The molecule has 0 aliphatic heterocycles. The molecule has 88 valence electrons. The fourth-order valence-corrected chi connectivity index (χ4v) is 2.01. The van der Waals surface area contributed by atoms with E-state index in [2.05, 4.69) is 15.9 Å². The molecule has 0 aliphatic carbocycles. The maximum absolute atomic E-state index is 13.4. The summed E-state index contributed by atoms with van der Waals surface area (Å²) in [6, 6.07) is 12.6. The van der Waals surface area contributed by atoms with Gasteiger partial charge >= 0.3 is 0 Å². The lowest BCUT2D eigenvalue weighted by atomic mass is 9.98. The summed E-state index contributed by atoms with van der Waals surface area (Å²) in [5.41, 5.74) is 9.04. The molecule has 1 unspecified atom stereocenters. The SMILES string of the molecule is Cc1cccc(C(N)c2ccc(Br)c(F)c2)c1. The smallest absolute Gasteiger partial charge is 0.137 e. The zero-order valence-electron chi connectivity index (χ0n) is 9.45. The molecule has 0 fully saturated rings. The highest BCUT2D eigenvalue weighted by atomic mass is 79.9. The summed E-state index contributed by atoms with van der Waals surface area (Å²) in [6.45, 7) is 2.01. The van der Waals surface area contributed by atoms with Crippen molar-refractivity contribution in [2.24, 2.45) is 5.73 Å². The van der Waals surface area contributed by atoms with Crippen LogP contribution < -0.4 is 5.73 Å². The van der Waals surface area contributed by atoms with Crippen LogP contribution in [0.3, 0.4) is 0 Å². The van der Waals surface area contributed by atoms with E-state index in [0.29, 0.717) is 4.47 Å². The molecule has 0 bridgehead atoms. The molecule has 2 aromatic carbocycles. The van der Waals surface area contributed by atoms with Gasteiger partial charge in [-0.25, -0.2) is 4.39 Å². The lowest BCUT2D eigenvalue weighted by Crippen LogP contribution is -2.12. The average Bonchev–Trinajstić information content (AvgIpc) is 2.32. The van der Waals surface area contributed by atoms with Crippen LogP contribution in [0.1, 0.15) is 22.7 Å². The third kappa shape index (κ3) is 2.73. The van der Waals surface area contributed by atoms with Crippen molar-refractivity contribution in [1.29, 1.82) is 0 Å². The Balaban J connectivity index is 2.36. The Bertz CT molecular complexity index is 539. The van der Waals surface area contributed by atoms with E-state index in [9.17, 15) is 4.39 Å². The predicted octanol–water partition coefficient (Wildman–Crippen LogP) is 3.94. The van der Waals surface area contributed by atoms with Crippen LogP contribution >= 0.6 is 15.9 Å². The van der Waals surface area contributed by atoms with E-state index < -0.39 is 0 Å². The third-order valence-electron chi connectivity index (χ3n) is 2.70. The number of rotatable bonds is 2. The zero-order chi connectivity index (χ0) is 12.4. The number of aryl methyl sites for hydroxylation is 1. The first-order chi connectivity index (χ1) is 8.08. The van der Waals surface area contributed by atoms with E-state index >= 15 is 0 Å². The van der Waals surface area contributed by atoms with Crippen molar-refractivity contribution in [2.45, 2.75) is 13.0 Å². The maximum Gasteiger partial charge on any atom is 0.137 e. The van der Waals surface area contributed by atoms with Crippen LogP contribution in [-0.4, -0.2) is 0 Å². The second-order valence-corrected chi connectivity index (χ2v) is 4.92. The summed E-state index contributed by atoms with van der Waals surface area (Å²) in [6.07, 6.45) is 0. The molecule has 0 aliphatic rings. The number of hydrogen-bond acceptors (Lipinski definition) is 1. The molecule has 3 heteroatoms. The van der Waals surface area contributed by atoms with Crippen LogP contribution in [0.25, 0.3) is 0 Å². The van der Waals surface area contributed by atoms with Gasteiger partial charge in [0.1, 0.15) is 5.82 Å². The van der Waals surface area contributed by atoms with Crippen LogP contribution in [0, 0.1) is 12.7 Å². The summed E-state index contributed by atoms with van der Waals surface area (Å²) in [7, 11) is 0. The monoisotopic (exact) mass is 293 g/mol. The fourth-order valence-electron chi connectivity index (χ4n) is 1.76. The predicted molar refractivity (Wildman–Crippen MR) is 71.3 cm³/mol. The van der Waals surface area contributed by atoms with Gasteiger partial charge in [-0.2, -0.15) is 0 Å². The van der Waals surface area contributed by atoms with Gasteiger partial charge in [0, 0.05) is 0 Å². The molecule has 0 aromatic heterocycles. The van der Waals surface area contributed by atoms with E-state index in [0.717, 1.165) is 16.7 Å². The second-order valence-electron chi connectivity index (χ2n) is 4.07. The summed E-state index contributed by atoms with van der Waals surface area (Å²) in [5, 5.41) is 0. The van der Waals surface area contributed by atoms with Gasteiger partial charge in [-0.3, -0.25) is 0 Å². The number of benzene rings is 2. The van der Waals surface area contributed by atoms with E-state index in [1.54, 1.807) is 6.07 Å². The lowest BCUT2D eigenvalue weighted by Gasteiger charge is -2.13. The molecule has 2 N–H and O–H groups in total. The van der Waals surface area contributed by atoms with E-state index in [1.165, 1.54) is 6.07 Å². The first kappa shape index (κ1) is 12.3. The number of halogens is 2. The van der Waals surface area contributed by atoms with Crippen LogP contribution in [-0.2, 0) is 0 Å². The normalized spacial score (nSPS) is 12.5. The van der Waals surface area contributed by atoms with E-state index in [-0.39, 0.29) is 11.9 Å². The van der Waals surface area contributed by atoms with E-state index in [1.807, 2.05) is 37.3 Å². The first-order valence-corrected chi connectivity index (χ1v) is 6.14. The van der Waals surface area contributed by atoms with Gasteiger partial charge in [0.25, 0.3) is 0 Å². The van der Waals surface area contributed by atoms with Crippen molar-refractivity contribution in [2.75, 3.05) is 0 Å². The Morgan fingerprint density at radius 1 is 1.12 bits per heavy atom. The summed E-state index contributed by atoms with van der Waals surface area (Å²) < 4.78 is 13.9. The minimum Gasteiger partial charge on any atom is -0.320 e. The van der Waals surface area contributed by atoms with Crippen molar-refractivity contribution in [3.63, 3.8) is 0 Å². The third-order valence-corrected chi connectivity index (χ3v) is 3.35. The average molecular weight is 294 g/mol. The minimum atomic E-state index is -0.294. The highest BCUT2D eigenvalue weighted by Crippen LogP contribution is 2.24. The first-order valence-electron chi connectivity index (χ1n) is 5.35. The molecule has 1 nitrogen and oxygen atoms in total. The summed E-state index contributed by atoms with van der Waals surface area (Å²) in [4.78, 5) is 0. The Labute approximate surface area is 109 Å². The van der Waals surface area contributed by atoms with Crippen molar-refractivity contribution < 1.29 is 4.39 Å². The quantitative estimate of drug-likeness (QED) is 0.892. The maximum atomic E-state index is 13.4. The van der Waals surface area contributed by atoms with Gasteiger partial charge in [0.05, 0.1) is 10.5 Å². The number of hydrogen-bond donors (Lipinski definition) is 1. The van der Waals surface area contributed by atoms with E-state index in [4.69, 9.17) is 5.73 Å². The molecule has 0 saturated carbocycles. The molecule has 2 rings (SSSR count). The molecule has 0 spiro atoms. The molecular weight excluding hydrogens is 281 g/mol. The summed E-state index contributed by atoms with van der Waals surface area (Å²) in [5.74, 6) is -0.286. The molecule has 1 atom stereocenters. The Hall–Kier alpha value is -1.19. The van der Waals surface area contributed by atoms with Gasteiger partial charge in [-0.15, -0.1) is 0 Å².